The van der Waals surface area contributed by atoms with E-state index < -0.39 is 11.7 Å². The van der Waals surface area contributed by atoms with E-state index in [4.69, 9.17) is 9.26 Å². The second kappa shape index (κ2) is 5.40. The lowest BCUT2D eigenvalue weighted by Gasteiger charge is -2.19. The number of aromatic nitrogens is 2. The fraction of sp³-hybridized carbons (Fsp3) is 0.417. The first-order valence-corrected chi connectivity index (χ1v) is 6.65. The van der Waals surface area contributed by atoms with Crippen LogP contribution in [0.5, 0.6) is 0 Å². The van der Waals surface area contributed by atoms with Crippen molar-refractivity contribution < 1.29 is 14.1 Å². The van der Waals surface area contributed by atoms with Crippen LogP contribution in [0.1, 0.15) is 26.7 Å². The lowest BCUT2D eigenvalue weighted by atomic mass is 10.2. The third kappa shape index (κ3) is 4.06. The molecule has 0 saturated carbocycles. The monoisotopic (exact) mass is 281 g/mol. The van der Waals surface area contributed by atoms with E-state index in [0.29, 0.717) is 11.7 Å². The number of ether oxygens (including phenoxy) is 1. The van der Waals surface area contributed by atoms with E-state index in [-0.39, 0.29) is 6.54 Å². The summed E-state index contributed by atoms with van der Waals surface area (Å²) in [5, 5.41) is 8.34. The molecule has 0 unspecified atom stereocenters. The number of carbonyl (C=O) groups excluding carboxylic acids is 1. The summed E-state index contributed by atoms with van der Waals surface area (Å²) < 4.78 is 10.1. The van der Waals surface area contributed by atoms with Crippen LogP contribution in [0.2, 0.25) is 0 Å². The number of carbonyl (C=O) groups is 1. The highest BCUT2D eigenvalue weighted by atomic mass is 32.1. The van der Waals surface area contributed by atoms with Crippen molar-refractivity contribution >= 4 is 17.4 Å². The number of hydrogen-bond acceptors (Lipinski definition) is 6. The molecular formula is C12H15N3O3S. The van der Waals surface area contributed by atoms with Gasteiger partial charge in [0.05, 0.1) is 4.88 Å². The molecule has 0 aliphatic heterocycles. The molecule has 7 heteroatoms. The Kier molecular flexibility index (Phi) is 3.84. The first kappa shape index (κ1) is 13.5. The maximum absolute atomic E-state index is 11.4. The van der Waals surface area contributed by atoms with Crippen molar-refractivity contribution in [3.8, 4) is 10.7 Å². The number of amides is 1. The highest BCUT2D eigenvalue weighted by molar-refractivity contribution is 7.13. The van der Waals surface area contributed by atoms with Crippen molar-refractivity contribution in [2.45, 2.75) is 32.9 Å². The molecule has 6 nitrogen and oxygen atoms in total. The molecule has 0 saturated heterocycles. The van der Waals surface area contributed by atoms with Gasteiger partial charge in [0.15, 0.2) is 0 Å². The van der Waals surface area contributed by atoms with E-state index in [9.17, 15) is 4.79 Å². The van der Waals surface area contributed by atoms with Gasteiger partial charge in [-0.05, 0) is 32.2 Å². The Bertz CT molecular complexity index is 543. The molecule has 0 bridgehead atoms. The van der Waals surface area contributed by atoms with Crippen LogP contribution in [-0.4, -0.2) is 21.8 Å². The first-order valence-electron chi connectivity index (χ1n) is 5.77. The minimum Gasteiger partial charge on any atom is -0.444 e. The molecular weight excluding hydrogens is 266 g/mol. The van der Waals surface area contributed by atoms with Crippen molar-refractivity contribution in [2.24, 2.45) is 0 Å². The number of hydrogen-bond donors (Lipinski definition) is 1. The number of rotatable bonds is 3. The number of nitrogens with zero attached hydrogens (tertiary/aromatic N) is 2. The zero-order chi connectivity index (χ0) is 13.9. The minimum atomic E-state index is -0.527. The number of thiophene rings is 1. The van der Waals surface area contributed by atoms with Crippen LogP contribution >= 0.6 is 11.3 Å². The van der Waals surface area contributed by atoms with Gasteiger partial charge in [-0.3, -0.25) is 0 Å². The Labute approximate surface area is 114 Å². The van der Waals surface area contributed by atoms with Crippen LogP contribution in [0.25, 0.3) is 10.7 Å². The van der Waals surface area contributed by atoms with Gasteiger partial charge in [0, 0.05) is 0 Å². The van der Waals surface area contributed by atoms with Crippen LogP contribution in [0.15, 0.2) is 22.0 Å². The van der Waals surface area contributed by atoms with Gasteiger partial charge in [-0.15, -0.1) is 11.3 Å². The average Bonchev–Trinajstić information content (AvgIpc) is 2.95. The molecule has 0 spiro atoms. The zero-order valence-electron chi connectivity index (χ0n) is 11.0. The molecule has 0 aromatic carbocycles. The Morgan fingerprint density at radius 3 is 2.95 bits per heavy atom. The second-order valence-electron chi connectivity index (χ2n) is 4.84. The second-order valence-corrected chi connectivity index (χ2v) is 5.79. The molecule has 2 aromatic rings. The summed E-state index contributed by atoms with van der Waals surface area (Å²) in [5.74, 6) is 0.866. The molecule has 2 rings (SSSR count). The van der Waals surface area contributed by atoms with E-state index in [2.05, 4.69) is 15.5 Å². The Balaban J connectivity index is 1.89. The Morgan fingerprint density at radius 1 is 1.53 bits per heavy atom. The van der Waals surface area contributed by atoms with E-state index in [1.807, 2.05) is 17.5 Å². The maximum Gasteiger partial charge on any atom is 0.408 e. The van der Waals surface area contributed by atoms with Crippen LogP contribution in [0.4, 0.5) is 4.79 Å². The van der Waals surface area contributed by atoms with Gasteiger partial charge < -0.3 is 14.6 Å². The quantitative estimate of drug-likeness (QED) is 0.936. The van der Waals surface area contributed by atoms with E-state index in [1.165, 1.54) is 11.3 Å². The largest absolute Gasteiger partial charge is 0.444 e. The highest BCUT2D eigenvalue weighted by Gasteiger charge is 2.17. The molecule has 0 radical (unpaired) electrons. The summed E-state index contributed by atoms with van der Waals surface area (Å²) in [6.45, 7) is 5.55. The van der Waals surface area contributed by atoms with Gasteiger partial charge in [0.2, 0.25) is 11.7 Å². The lowest BCUT2D eigenvalue weighted by molar-refractivity contribution is 0.0518. The summed E-state index contributed by atoms with van der Waals surface area (Å²) >= 11 is 1.52. The smallest absolute Gasteiger partial charge is 0.408 e. The molecule has 1 amide bonds. The molecule has 0 atom stereocenters. The van der Waals surface area contributed by atoms with Crippen molar-refractivity contribution in [1.29, 1.82) is 0 Å². The molecule has 0 aliphatic carbocycles. The van der Waals surface area contributed by atoms with Crippen LogP contribution < -0.4 is 5.32 Å². The van der Waals surface area contributed by atoms with E-state index >= 15 is 0 Å². The molecule has 1 N–H and O–H groups in total. The highest BCUT2D eigenvalue weighted by Crippen LogP contribution is 2.21. The Hall–Kier alpha value is -1.89. The SMILES string of the molecule is CC(C)(C)OC(=O)NCc1nc(-c2cccs2)no1. The van der Waals surface area contributed by atoms with Crippen LogP contribution in [0, 0.1) is 0 Å². The van der Waals surface area contributed by atoms with Crippen molar-refractivity contribution in [3.05, 3.63) is 23.4 Å². The van der Waals surface area contributed by atoms with E-state index in [1.54, 1.807) is 20.8 Å². The zero-order valence-corrected chi connectivity index (χ0v) is 11.8. The standard InChI is InChI=1S/C12H15N3O3S/c1-12(2,3)17-11(16)13-7-9-14-10(15-18-9)8-5-4-6-19-8/h4-6H,7H2,1-3H3,(H,13,16). The normalized spacial score (nSPS) is 11.3. The summed E-state index contributed by atoms with van der Waals surface area (Å²) in [7, 11) is 0. The molecule has 19 heavy (non-hydrogen) atoms. The summed E-state index contributed by atoms with van der Waals surface area (Å²) in [6.07, 6.45) is -0.511. The van der Waals surface area contributed by atoms with E-state index in [0.717, 1.165) is 4.88 Å². The van der Waals surface area contributed by atoms with Gasteiger partial charge in [-0.1, -0.05) is 11.2 Å². The molecule has 102 valence electrons. The van der Waals surface area contributed by atoms with Crippen molar-refractivity contribution in [1.82, 2.24) is 15.5 Å². The molecule has 2 aromatic heterocycles. The average molecular weight is 281 g/mol. The van der Waals surface area contributed by atoms with Gasteiger partial charge in [-0.25, -0.2) is 4.79 Å². The number of alkyl carbamates (subject to hydrolysis) is 1. The first-order chi connectivity index (χ1) is 8.94. The fourth-order valence-corrected chi connectivity index (χ4v) is 1.94. The lowest BCUT2D eigenvalue weighted by Crippen LogP contribution is -2.32. The van der Waals surface area contributed by atoms with Crippen molar-refractivity contribution in [2.75, 3.05) is 0 Å². The summed E-state index contributed by atoms with van der Waals surface area (Å²) in [4.78, 5) is 16.6. The molecule has 2 heterocycles. The predicted octanol–water partition coefficient (Wildman–Crippen LogP) is 2.82. The number of nitrogens with one attached hydrogen (secondary N) is 1. The predicted molar refractivity (Wildman–Crippen MR) is 70.7 cm³/mol. The molecule has 0 aliphatic rings. The maximum atomic E-state index is 11.4. The molecule has 0 fully saturated rings. The third-order valence-electron chi connectivity index (χ3n) is 1.99. The van der Waals surface area contributed by atoms with Gasteiger partial charge in [0.1, 0.15) is 12.1 Å². The third-order valence-corrected chi connectivity index (χ3v) is 2.86. The topological polar surface area (TPSA) is 77.2 Å². The minimum absolute atomic E-state index is 0.146. The summed E-state index contributed by atoms with van der Waals surface area (Å²) in [6, 6.07) is 3.82. The van der Waals surface area contributed by atoms with Gasteiger partial charge in [0.25, 0.3) is 0 Å². The van der Waals surface area contributed by atoms with Crippen LogP contribution in [-0.2, 0) is 11.3 Å². The van der Waals surface area contributed by atoms with Gasteiger partial charge >= 0.3 is 6.09 Å². The fourth-order valence-electron chi connectivity index (χ4n) is 1.29. The van der Waals surface area contributed by atoms with Gasteiger partial charge in [-0.2, -0.15) is 4.98 Å². The summed E-state index contributed by atoms with van der Waals surface area (Å²) in [5.41, 5.74) is -0.527. The van der Waals surface area contributed by atoms with Crippen molar-refractivity contribution in [3.63, 3.8) is 0 Å². The Morgan fingerprint density at radius 2 is 2.32 bits per heavy atom. The van der Waals surface area contributed by atoms with Crippen LogP contribution in [0.3, 0.4) is 0 Å².